The van der Waals surface area contributed by atoms with E-state index in [1.165, 1.54) is 33.7 Å². The summed E-state index contributed by atoms with van der Waals surface area (Å²) in [6.07, 6.45) is 1.65. The average molecular weight is 596 g/mol. The summed E-state index contributed by atoms with van der Waals surface area (Å²) in [5.41, 5.74) is 0.145. The van der Waals surface area contributed by atoms with Crippen LogP contribution in [0.25, 0.3) is 0 Å². The minimum absolute atomic E-state index is 0.00612. The molecule has 0 saturated carbocycles. The van der Waals surface area contributed by atoms with Gasteiger partial charge >= 0.3 is 12.1 Å². The van der Waals surface area contributed by atoms with Gasteiger partial charge in [-0.25, -0.2) is 9.59 Å². The van der Waals surface area contributed by atoms with Crippen molar-refractivity contribution < 1.29 is 33.8 Å². The number of amides is 3. The van der Waals surface area contributed by atoms with Crippen LogP contribution in [0.1, 0.15) is 20.3 Å². The molecule has 3 heterocycles. The number of nitrogens with one attached hydrogen (secondary N) is 3. The first-order valence-corrected chi connectivity index (χ1v) is 14.3. The number of rotatable bonds is 12. The van der Waals surface area contributed by atoms with Gasteiger partial charge in [0, 0.05) is 42.8 Å². The highest BCUT2D eigenvalue weighted by Gasteiger charge is 2.60. The van der Waals surface area contributed by atoms with Crippen molar-refractivity contribution >= 4 is 53.0 Å². The SMILES string of the molecule is C=CCOC(=O)C1=C(S[C@H]2C[C@@H](C(=O)NCCNC(=S)NC)N(C(=O)OCC=C)C2)[C@H](C)C2C([C@@H](C)O)C(=O)N12. The van der Waals surface area contributed by atoms with E-state index >= 15 is 0 Å². The van der Waals surface area contributed by atoms with Crippen LogP contribution in [-0.4, -0.2) is 107 Å². The lowest BCUT2D eigenvalue weighted by Crippen LogP contribution is -2.63. The number of likely N-dealkylation sites (tertiary alicyclic amines) is 1. The van der Waals surface area contributed by atoms with Crippen molar-refractivity contribution in [3.63, 3.8) is 0 Å². The quantitative estimate of drug-likeness (QED) is 0.0821. The summed E-state index contributed by atoms with van der Waals surface area (Å²) in [4.78, 5) is 55.3. The molecule has 0 aromatic rings. The predicted octanol–water partition coefficient (Wildman–Crippen LogP) is 0.494. The maximum absolute atomic E-state index is 13.1. The van der Waals surface area contributed by atoms with Crippen LogP contribution in [0.15, 0.2) is 35.9 Å². The number of thioether (sulfide) groups is 1. The van der Waals surface area contributed by atoms with E-state index in [0.717, 1.165) is 0 Å². The number of carbonyl (C=O) groups excluding carboxylic acids is 4. The highest BCUT2D eigenvalue weighted by molar-refractivity contribution is 8.03. The third kappa shape index (κ3) is 6.61. The molecule has 3 amide bonds. The zero-order valence-corrected chi connectivity index (χ0v) is 24.5. The molecule has 3 aliphatic heterocycles. The average Bonchev–Trinajstić information content (AvgIpc) is 3.45. The monoisotopic (exact) mass is 595 g/mol. The first-order chi connectivity index (χ1) is 19.1. The maximum atomic E-state index is 13.1. The number of thiocarbonyl (C=S) groups is 1. The summed E-state index contributed by atoms with van der Waals surface area (Å²) >= 11 is 6.38. The Labute approximate surface area is 243 Å². The second-order valence-electron chi connectivity index (χ2n) is 9.66. The number of hydrogen-bond acceptors (Lipinski definition) is 9. The highest BCUT2D eigenvalue weighted by atomic mass is 32.2. The lowest BCUT2D eigenvalue weighted by Gasteiger charge is -2.46. The molecular formula is C26H37N5O7S2. The number of aliphatic hydroxyl groups is 1. The lowest BCUT2D eigenvalue weighted by molar-refractivity contribution is -0.164. The first-order valence-electron chi connectivity index (χ1n) is 13.0. The molecule has 6 atom stereocenters. The molecule has 14 heteroatoms. The summed E-state index contributed by atoms with van der Waals surface area (Å²) in [6.45, 7) is 11.4. The summed E-state index contributed by atoms with van der Waals surface area (Å²) < 4.78 is 10.5. The topological polar surface area (TPSA) is 150 Å². The molecule has 40 heavy (non-hydrogen) atoms. The second kappa shape index (κ2) is 14.0. The Bertz CT molecular complexity index is 1080. The van der Waals surface area contributed by atoms with Crippen LogP contribution < -0.4 is 16.0 Å². The smallest absolute Gasteiger partial charge is 0.410 e. The minimum atomic E-state index is -0.877. The molecule has 220 valence electrons. The van der Waals surface area contributed by atoms with E-state index in [0.29, 0.717) is 23.0 Å². The van der Waals surface area contributed by atoms with Gasteiger partial charge in [-0.2, -0.15) is 0 Å². The summed E-state index contributed by atoms with van der Waals surface area (Å²) in [6, 6.07) is -1.19. The van der Waals surface area contributed by atoms with Crippen molar-refractivity contribution in [3.05, 3.63) is 35.9 Å². The van der Waals surface area contributed by atoms with Gasteiger partial charge in [-0.1, -0.05) is 32.2 Å². The molecular weight excluding hydrogens is 558 g/mol. The van der Waals surface area contributed by atoms with Gasteiger partial charge in [0.2, 0.25) is 11.8 Å². The molecule has 4 N–H and O–H groups in total. The molecule has 3 aliphatic rings. The Kier molecular flexibility index (Phi) is 11.0. The molecule has 0 aromatic carbocycles. The largest absolute Gasteiger partial charge is 0.457 e. The maximum Gasteiger partial charge on any atom is 0.410 e. The Morgan fingerprint density at radius 3 is 2.48 bits per heavy atom. The summed E-state index contributed by atoms with van der Waals surface area (Å²) in [5, 5.41) is 18.9. The lowest BCUT2D eigenvalue weighted by atomic mass is 9.79. The first kappa shape index (κ1) is 31.4. The zero-order valence-electron chi connectivity index (χ0n) is 22.9. The van der Waals surface area contributed by atoms with Crippen LogP contribution in [-0.2, 0) is 23.9 Å². The van der Waals surface area contributed by atoms with Crippen LogP contribution >= 0.6 is 24.0 Å². The van der Waals surface area contributed by atoms with Gasteiger partial charge in [-0.3, -0.25) is 14.5 Å². The highest BCUT2D eigenvalue weighted by Crippen LogP contribution is 2.52. The van der Waals surface area contributed by atoms with Crippen molar-refractivity contribution in [2.75, 3.05) is 39.9 Å². The fraction of sp³-hybridized carbons (Fsp3) is 0.577. The number of fused-ring (bicyclic) bond motifs is 1. The van der Waals surface area contributed by atoms with Gasteiger partial charge in [0.15, 0.2) is 5.11 Å². The standard InChI is InChI=1S/C26H37N5O7S2/c1-6-10-37-24(35)20-21(14(3)19-18(15(4)32)23(34)31(19)20)40-16-12-17(30(13-16)26(36)38-11-7-2)22(33)28-8-9-29-25(39)27-5/h6-7,14-19,32H,1-2,8-13H2,3-5H3,(H,28,33)(H2,27,29,39)/t14-,15-,16+,17+,18?,19?/m1/s1. The fourth-order valence-corrected chi connectivity index (χ4v) is 6.79. The number of ether oxygens (including phenoxy) is 2. The van der Waals surface area contributed by atoms with Gasteiger partial charge in [0.25, 0.3) is 0 Å². The molecule has 0 bridgehead atoms. The Balaban J connectivity index is 1.81. The summed E-state index contributed by atoms with van der Waals surface area (Å²) in [5.74, 6) is -2.23. The second-order valence-corrected chi connectivity index (χ2v) is 11.4. The van der Waals surface area contributed by atoms with E-state index < -0.39 is 30.1 Å². The van der Waals surface area contributed by atoms with E-state index in [1.54, 1.807) is 14.0 Å². The third-order valence-corrected chi connectivity index (χ3v) is 8.83. The van der Waals surface area contributed by atoms with Crippen LogP contribution in [0.4, 0.5) is 4.79 Å². The van der Waals surface area contributed by atoms with Gasteiger partial charge in [-0.05, 0) is 25.6 Å². The fourth-order valence-electron chi connectivity index (χ4n) is 5.17. The molecule has 2 unspecified atom stereocenters. The predicted molar refractivity (Wildman–Crippen MR) is 154 cm³/mol. The normalized spacial score (nSPS) is 25.9. The Morgan fingerprint density at radius 2 is 1.85 bits per heavy atom. The minimum Gasteiger partial charge on any atom is -0.457 e. The van der Waals surface area contributed by atoms with E-state index in [2.05, 4.69) is 29.1 Å². The third-order valence-electron chi connectivity index (χ3n) is 6.99. The molecule has 2 saturated heterocycles. The molecule has 3 rings (SSSR count). The van der Waals surface area contributed by atoms with Crippen molar-refractivity contribution in [1.82, 2.24) is 25.8 Å². The molecule has 2 fully saturated rings. The van der Waals surface area contributed by atoms with Crippen LogP contribution in [0, 0.1) is 11.8 Å². The molecule has 0 spiro atoms. The van der Waals surface area contributed by atoms with E-state index in [-0.39, 0.29) is 61.0 Å². The van der Waals surface area contributed by atoms with Crippen molar-refractivity contribution in [2.45, 2.75) is 43.7 Å². The molecule has 0 aromatic heterocycles. The Morgan fingerprint density at radius 1 is 1.20 bits per heavy atom. The number of esters is 1. The molecule has 0 aliphatic carbocycles. The van der Waals surface area contributed by atoms with Crippen LogP contribution in [0.5, 0.6) is 0 Å². The molecule has 0 radical (unpaired) electrons. The number of β-lactam (4-membered cyclic amide) rings is 1. The number of carbonyl (C=O) groups is 4. The molecule has 12 nitrogen and oxygen atoms in total. The van der Waals surface area contributed by atoms with E-state index in [9.17, 15) is 24.3 Å². The van der Waals surface area contributed by atoms with Crippen LogP contribution in [0.2, 0.25) is 0 Å². The van der Waals surface area contributed by atoms with Crippen molar-refractivity contribution in [3.8, 4) is 0 Å². The van der Waals surface area contributed by atoms with E-state index in [4.69, 9.17) is 21.7 Å². The number of nitrogens with zero attached hydrogens (tertiary/aromatic N) is 2. The zero-order chi connectivity index (χ0) is 29.6. The van der Waals surface area contributed by atoms with Crippen LogP contribution in [0.3, 0.4) is 0 Å². The van der Waals surface area contributed by atoms with Gasteiger partial charge < -0.3 is 35.4 Å². The summed E-state index contributed by atoms with van der Waals surface area (Å²) in [7, 11) is 1.69. The van der Waals surface area contributed by atoms with Crippen molar-refractivity contribution in [2.24, 2.45) is 11.8 Å². The number of aliphatic hydroxyl groups excluding tert-OH is 1. The Hall–Kier alpha value is -3.10. The van der Waals surface area contributed by atoms with Gasteiger partial charge in [0.05, 0.1) is 18.1 Å². The van der Waals surface area contributed by atoms with Crippen molar-refractivity contribution in [1.29, 1.82) is 0 Å². The van der Waals surface area contributed by atoms with E-state index in [1.807, 2.05) is 6.92 Å². The van der Waals surface area contributed by atoms with Gasteiger partial charge in [-0.15, -0.1) is 11.8 Å². The number of hydrogen-bond donors (Lipinski definition) is 4. The van der Waals surface area contributed by atoms with Gasteiger partial charge in [0.1, 0.15) is 25.0 Å².